The van der Waals surface area contributed by atoms with Gasteiger partial charge < -0.3 is 10.4 Å². The smallest absolute Gasteiger partial charge is 0.147 e. The van der Waals surface area contributed by atoms with Crippen LogP contribution in [0.1, 0.15) is 19.3 Å². The molecule has 0 aliphatic heterocycles. The molecule has 4 nitrogen and oxygen atoms in total. The minimum atomic E-state index is 0.280. The maximum atomic E-state index is 8.66. The molecule has 2 rings (SSSR count). The van der Waals surface area contributed by atoms with E-state index in [-0.39, 0.29) is 6.61 Å². The van der Waals surface area contributed by atoms with Gasteiger partial charge in [0.2, 0.25) is 0 Å². The van der Waals surface area contributed by atoms with Gasteiger partial charge in [-0.3, -0.25) is 0 Å². The molecule has 2 heterocycles. The summed E-state index contributed by atoms with van der Waals surface area (Å²) in [6.07, 6.45) is 4.56. The van der Waals surface area contributed by atoms with E-state index in [1.165, 1.54) is 0 Å². The Labute approximate surface area is 98.4 Å². The number of nitrogens with one attached hydrogen (secondary N) is 1. The van der Waals surface area contributed by atoms with Crippen LogP contribution in [0, 0.1) is 0 Å². The summed E-state index contributed by atoms with van der Waals surface area (Å²) >= 11 is 1.65. The second kappa shape index (κ2) is 5.77. The number of aliphatic hydroxyl groups excluding tert-OH is 1. The zero-order chi connectivity index (χ0) is 11.2. The van der Waals surface area contributed by atoms with Crippen molar-refractivity contribution in [2.24, 2.45) is 0 Å². The summed E-state index contributed by atoms with van der Waals surface area (Å²) in [6, 6.07) is 2.00. The standard InChI is InChI=1S/C11H15N3OS/c15-6-3-1-2-5-12-11-10-9(4-7-16-10)13-8-14-11/h4,7-8,15H,1-3,5-6H2,(H,12,13,14). The molecule has 0 aromatic carbocycles. The first-order valence-electron chi connectivity index (χ1n) is 5.45. The molecule has 0 atom stereocenters. The van der Waals surface area contributed by atoms with Crippen LogP contribution in [0.5, 0.6) is 0 Å². The van der Waals surface area contributed by atoms with Gasteiger partial charge in [0.1, 0.15) is 12.1 Å². The maximum Gasteiger partial charge on any atom is 0.147 e. The Hall–Kier alpha value is -1.20. The Morgan fingerprint density at radius 3 is 3.06 bits per heavy atom. The molecule has 5 heteroatoms. The summed E-state index contributed by atoms with van der Waals surface area (Å²) in [5.74, 6) is 0.920. The van der Waals surface area contributed by atoms with E-state index in [2.05, 4.69) is 15.3 Å². The highest BCUT2D eigenvalue weighted by Gasteiger charge is 2.03. The van der Waals surface area contributed by atoms with Crippen LogP contribution in [0.4, 0.5) is 5.82 Å². The summed E-state index contributed by atoms with van der Waals surface area (Å²) in [5, 5.41) is 14.0. The molecular formula is C11H15N3OS. The molecule has 0 bridgehead atoms. The second-order valence-corrected chi connectivity index (χ2v) is 4.48. The van der Waals surface area contributed by atoms with Crippen LogP contribution in [0.2, 0.25) is 0 Å². The van der Waals surface area contributed by atoms with Crippen LogP contribution in [0.15, 0.2) is 17.8 Å². The Morgan fingerprint density at radius 1 is 1.25 bits per heavy atom. The molecule has 2 aromatic heterocycles. The monoisotopic (exact) mass is 237 g/mol. The third kappa shape index (κ3) is 2.68. The van der Waals surface area contributed by atoms with Crippen molar-refractivity contribution in [2.45, 2.75) is 19.3 Å². The molecule has 0 aliphatic carbocycles. The number of anilines is 1. The molecule has 0 fully saturated rings. The Morgan fingerprint density at radius 2 is 2.19 bits per heavy atom. The number of aliphatic hydroxyl groups is 1. The first-order valence-corrected chi connectivity index (χ1v) is 6.32. The lowest BCUT2D eigenvalue weighted by Crippen LogP contribution is -2.03. The van der Waals surface area contributed by atoms with Crippen LogP contribution in [-0.4, -0.2) is 28.2 Å². The van der Waals surface area contributed by atoms with Gasteiger partial charge in [0.25, 0.3) is 0 Å². The molecular weight excluding hydrogens is 222 g/mol. The Balaban J connectivity index is 1.91. The van der Waals surface area contributed by atoms with Gasteiger partial charge in [-0.25, -0.2) is 9.97 Å². The molecule has 86 valence electrons. The van der Waals surface area contributed by atoms with Gasteiger partial charge in [-0.15, -0.1) is 11.3 Å². The summed E-state index contributed by atoms with van der Waals surface area (Å²) < 4.78 is 1.12. The summed E-state index contributed by atoms with van der Waals surface area (Å²) in [7, 11) is 0. The summed E-state index contributed by atoms with van der Waals surface area (Å²) in [5.41, 5.74) is 0.998. The normalized spacial score (nSPS) is 10.8. The van der Waals surface area contributed by atoms with E-state index >= 15 is 0 Å². The summed E-state index contributed by atoms with van der Waals surface area (Å²) in [6.45, 7) is 1.17. The van der Waals surface area contributed by atoms with Crippen molar-refractivity contribution in [2.75, 3.05) is 18.5 Å². The lowest BCUT2D eigenvalue weighted by atomic mass is 10.2. The maximum absolute atomic E-state index is 8.66. The highest BCUT2D eigenvalue weighted by Crippen LogP contribution is 2.24. The predicted molar refractivity (Wildman–Crippen MR) is 66.8 cm³/mol. The summed E-state index contributed by atoms with van der Waals surface area (Å²) in [4.78, 5) is 8.42. The fourth-order valence-corrected chi connectivity index (χ4v) is 2.35. The number of rotatable bonds is 6. The molecule has 0 saturated heterocycles. The number of fused-ring (bicyclic) bond motifs is 1. The van der Waals surface area contributed by atoms with Crippen molar-refractivity contribution < 1.29 is 5.11 Å². The van der Waals surface area contributed by atoms with E-state index < -0.39 is 0 Å². The largest absolute Gasteiger partial charge is 0.396 e. The quantitative estimate of drug-likeness (QED) is 0.757. The van der Waals surface area contributed by atoms with Crippen molar-refractivity contribution in [1.29, 1.82) is 0 Å². The fraction of sp³-hybridized carbons (Fsp3) is 0.455. The number of hydrogen-bond acceptors (Lipinski definition) is 5. The average Bonchev–Trinajstić information content (AvgIpc) is 2.77. The SMILES string of the molecule is OCCCCCNc1ncnc2ccsc12. The van der Waals surface area contributed by atoms with E-state index in [0.717, 1.165) is 41.8 Å². The van der Waals surface area contributed by atoms with E-state index in [9.17, 15) is 0 Å². The fourth-order valence-electron chi connectivity index (χ4n) is 1.54. The zero-order valence-electron chi connectivity index (χ0n) is 9.02. The van der Waals surface area contributed by atoms with Gasteiger partial charge in [-0.2, -0.15) is 0 Å². The van der Waals surface area contributed by atoms with E-state index in [0.29, 0.717) is 0 Å². The van der Waals surface area contributed by atoms with E-state index in [1.54, 1.807) is 17.7 Å². The Bertz CT molecular complexity index is 443. The molecule has 0 saturated carbocycles. The highest BCUT2D eigenvalue weighted by atomic mass is 32.1. The minimum Gasteiger partial charge on any atom is -0.396 e. The number of thiophene rings is 1. The first-order chi connectivity index (χ1) is 7.92. The molecule has 2 aromatic rings. The third-order valence-electron chi connectivity index (χ3n) is 2.37. The highest BCUT2D eigenvalue weighted by molar-refractivity contribution is 7.17. The van der Waals surface area contributed by atoms with Crippen LogP contribution in [0.25, 0.3) is 10.2 Å². The lowest BCUT2D eigenvalue weighted by Gasteiger charge is -2.05. The number of unbranched alkanes of at least 4 members (excludes halogenated alkanes) is 2. The van der Waals surface area contributed by atoms with Gasteiger partial charge in [0.05, 0.1) is 10.2 Å². The lowest BCUT2D eigenvalue weighted by molar-refractivity contribution is 0.283. The third-order valence-corrected chi connectivity index (χ3v) is 3.28. The molecule has 0 radical (unpaired) electrons. The molecule has 16 heavy (non-hydrogen) atoms. The molecule has 0 spiro atoms. The molecule has 0 amide bonds. The van der Waals surface area contributed by atoms with E-state index in [1.807, 2.05) is 11.4 Å². The van der Waals surface area contributed by atoms with E-state index in [4.69, 9.17) is 5.11 Å². The van der Waals surface area contributed by atoms with Crippen LogP contribution in [-0.2, 0) is 0 Å². The zero-order valence-corrected chi connectivity index (χ0v) is 9.83. The van der Waals surface area contributed by atoms with Crippen LogP contribution in [0.3, 0.4) is 0 Å². The van der Waals surface area contributed by atoms with Crippen molar-refractivity contribution in [1.82, 2.24) is 9.97 Å². The predicted octanol–water partition coefficient (Wildman–Crippen LogP) is 2.27. The van der Waals surface area contributed by atoms with Crippen molar-refractivity contribution in [3.05, 3.63) is 17.8 Å². The van der Waals surface area contributed by atoms with Gasteiger partial charge in [0, 0.05) is 13.2 Å². The molecule has 0 unspecified atom stereocenters. The van der Waals surface area contributed by atoms with Crippen molar-refractivity contribution in [3.8, 4) is 0 Å². The van der Waals surface area contributed by atoms with Crippen molar-refractivity contribution >= 4 is 27.4 Å². The average molecular weight is 237 g/mol. The Kier molecular flexibility index (Phi) is 4.07. The van der Waals surface area contributed by atoms with Gasteiger partial charge in [0.15, 0.2) is 0 Å². The molecule has 2 N–H and O–H groups in total. The van der Waals surface area contributed by atoms with Gasteiger partial charge >= 0.3 is 0 Å². The van der Waals surface area contributed by atoms with Crippen LogP contribution < -0.4 is 5.32 Å². The van der Waals surface area contributed by atoms with Crippen LogP contribution >= 0.6 is 11.3 Å². The minimum absolute atomic E-state index is 0.280. The first kappa shape index (κ1) is 11.3. The second-order valence-electron chi connectivity index (χ2n) is 3.57. The van der Waals surface area contributed by atoms with Gasteiger partial charge in [-0.1, -0.05) is 0 Å². The van der Waals surface area contributed by atoms with Crippen molar-refractivity contribution in [3.63, 3.8) is 0 Å². The van der Waals surface area contributed by atoms with Gasteiger partial charge in [-0.05, 0) is 30.7 Å². The number of hydrogen-bond donors (Lipinski definition) is 2. The topological polar surface area (TPSA) is 58.0 Å². The number of aromatic nitrogens is 2. The molecule has 0 aliphatic rings. The number of nitrogens with zero attached hydrogens (tertiary/aromatic N) is 2.